The Kier molecular flexibility index (Phi) is 6.31. The Bertz CT molecular complexity index is 849. The summed E-state index contributed by atoms with van der Waals surface area (Å²) >= 11 is 0. The first-order valence-corrected chi connectivity index (χ1v) is 9.17. The molecule has 148 valence electrons. The van der Waals surface area contributed by atoms with Crippen LogP contribution in [-0.4, -0.2) is 44.2 Å². The molecule has 0 atom stereocenters. The average Bonchev–Trinajstić information content (AvgIpc) is 3.25. The molecule has 1 amide bonds. The molecule has 8 heteroatoms. The molecular formula is C20H23N3O5. The molecule has 0 spiro atoms. The maximum Gasteiger partial charge on any atom is 0.293 e. The summed E-state index contributed by atoms with van der Waals surface area (Å²) in [7, 11) is 1.56. The summed E-state index contributed by atoms with van der Waals surface area (Å²) < 4.78 is 10.8. The van der Waals surface area contributed by atoms with Crippen LogP contribution in [0.4, 0.5) is 11.4 Å². The highest BCUT2D eigenvalue weighted by Crippen LogP contribution is 2.31. The van der Waals surface area contributed by atoms with E-state index < -0.39 is 4.92 Å². The van der Waals surface area contributed by atoms with E-state index in [4.69, 9.17) is 9.47 Å². The molecule has 8 nitrogen and oxygen atoms in total. The van der Waals surface area contributed by atoms with Gasteiger partial charge in [0.15, 0.2) is 11.5 Å². The number of nitro benzene ring substituents is 1. The lowest BCUT2D eigenvalue weighted by molar-refractivity contribution is -0.384. The number of rotatable bonds is 8. The van der Waals surface area contributed by atoms with Gasteiger partial charge in [-0.2, -0.15) is 0 Å². The molecule has 1 heterocycles. The minimum atomic E-state index is -0.435. The second kappa shape index (κ2) is 9.07. The summed E-state index contributed by atoms with van der Waals surface area (Å²) in [5, 5.41) is 14.2. The third-order valence-electron chi connectivity index (χ3n) is 4.60. The third-order valence-corrected chi connectivity index (χ3v) is 4.60. The Labute approximate surface area is 163 Å². The van der Waals surface area contributed by atoms with E-state index in [2.05, 4.69) is 5.32 Å². The lowest BCUT2D eigenvalue weighted by atomic mass is 10.1. The number of nitro groups is 1. The van der Waals surface area contributed by atoms with Crippen molar-refractivity contribution >= 4 is 17.3 Å². The van der Waals surface area contributed by atoms with Crippen LogP contribution < -0.4 is 19.7 Å². The van der Waals surface area contributed by atoms with Gasteiger partial charge in [-0.15, -0.1) is 0 Å². The molecule has 3 rings (SSSR count). The van der Waals surface area contributed by atoms with Gasteiger partial charge >= 0.3 is 0 Å². The van der Waals surface area contributed by atoms with Crippen LogP contribution in [0.3, 0.4) is 0 Å². The molecule has 28 heavy (non-hydrogen) atoms. The largest absolute Gasteiger partial charge is 0.493 e. The number of nitrogens with one attached hydrogen (secondary N) is 1. The first kappa shape index (κ1) is 19.5. The lowest BCUT2D eigenvalue weighted by Crippen LogP contribution is -2.28. The molecule has 0 aromatic heterocycles. The van der Waals surface area contributed by atoms with Gasteiger partial charge in [-0.3, -0.25) is 14.9 Å². The zero-order valence-corrected chi connectivity index (χ0v) is 15.7. The SMILES string of the molecule is COc1ccccc1OCCNC(=O)c1ccc(N2CCCC2)c([N+](=O)[O-])c1. The number of para-hydroxylation sites is 2. The van der Waals surface area contributed by atoms with Crippen LogP contribution in [0.2, 0.25) is 0 Å². The Balaban J connectivity index is 1.59. The van der Waals surface area contributed by atoms with E-state index in [-0.39, 0.29) is 30.3 Å². The first-order valence-electron chi connectivity index (χ1n) is 9.17. The second-order valence-corrected chi connectivity index (χ2v) is 6.41. The van der Waals surface area contributed by atoms with Crippen LogP contribution in [0, 0.1) is 10.1 Å². The summed E-state index contributed by atoms with van der Waals surface area (Å²) in [5.74, 6) is 0.825. The van der Waals surface area contributed by atoms with Crippen molar-refractivity contribution < 1.29 is 19.2 Å². The molecule has 2 aromatic rings. The predicted molar refractivity (Wildman–Crippen MR) is 105 cm³/mol. The maximum atomic E-state index is 12.4. The normalized spacial score (nSPS) is 13.2. The predicted octanol–water partition coefficient (Wildman–Crippen LogP) is 3.01. The van der Waals surface area contributed by atoms with Gasteiger partial charge in [0.05, 0.1) is 18.6 Å². The summed E-state index contributed by atoms with van der Waals surface area (Å²) in [6.07, 6.45) is 2.04. The average molecular weight is 385 g/mol. The van der Waals surface area contributed by atoms with Crippen LogP contribution in [0.5, 0.6) is 11.5 Å². The molecule has 1 aliphatic heterocycles. The molecule has 2 aromatic carbocycles. The summed E-state index contributed by atoms with van der Waals surface area (Å²) in [6, 6.07) is 11.9. The second-order valence-electron chi connectivity index (χ2n) is 6.41. The molecular weight excluding hydrogens is 362 g/mol. The molecule has 0 radical (unpaired) electrons. The molecule has 0 bridgehead atoms. The zero-order chi connectivity index (χ0) is 19.9. The van der Waals surface area contributed by atoms with Gasteiger partial charge in [-0.1, -0.05) is 12.1 Å². The number of carbonyl (C=O) groups is 1. The number of carbonyl (C=O) groups excluding carboxylic acids is 1. The molecule has 1 N–H and O–H groups in total. The number of ether oxygens (including phenoxy) is 2. The van der Waals surface area contributed by atoms with Gasteiger partial charge in [0.25, 0.3) is 11.6 Å². The minimum Gasteiger partial charge on any atom is -0.493 e. The number of methoxy groups -OCH3 is 1. The fourth-order valence-electron chi connectivity index (χ4n) is 3.20. The van der Waals surface area contributed by atoms with E-state index in [1.54, 1.807) is 31.4 Å². The van der Waals surface area contributed by atoms with Crippen molar-refractivity contribution in [3.05, 3.63) is 58.1 Å². The number of amides is 1. The monoisotopic (exact) mass is 385 g/mol. The van der Waals surface area contributed by atoms with Crippen LogP contribution in [0.15, 0.2) is 42.5 Å². The van der Waals surface area contributed by atoms with E-state index in [0.29, 0.717) is 17.2 Å². The molecule has 0 saturated carbocycles. The number of benzene rings is 2. The van der Waals surface area contributed by atoms with E-state index in [1.807, 2.05) is 17.0 Å². The Hall–Kier alpha value is -3.29. The number of hydrogen-bond acceptors (Lipinski definition) is 6. The Morgan fingerprint density at radius 2 is 1.89 bits per heavy atom. The van der Waals surface area contributed by atoms with Crippen LogP contribution in [-0.2, 0) is 0 Å². The van der Waals surface area contributed by atoms with Gasteiger partial charge in [0.2, 0.25) is 0 Å². The third kappa shape index (κ3) is 4.51. The summed E-state index contributed by atoms with van der Waals surface area (Å²) in [4.78, 5) is 25.4. The van der Waals surface area contributed by atoms with Gasteiger partial charge < -0.3 is 19.7 Å². The number of nitrogens with zero attached hydrogens (tertiary/aromatic N) is 2. The van der Waals surface area contributed by atoms with Crippen molar-refractivity contribution in [2.75, 3.05) is 38.3 Å². The van der Waals surface area contributed by atoms with Crippen molar-refractivity contribution in [2.45, 2.75) is 12.8 Å². The highest BCUT2D eigenvalue weighted by atomic mass is 16.6. The number of anilines is 1. The smallest absolute Gasteiger partial charge is 0.293 e. The van der Waals surface area contributed by atoms with Crippen LogP contribution >= 0.6 is 0 Å². The molecule has 0 unspecified atom stereocenters. The van der Waals surface area contributed by atoms with Gasteiger partial charge in [-0.25, -0.2) is 0 Å². The van der Waals surface area contributed by atoms with Gasteiger partial charge in [-0.05, 0) is 37.1 Å². The minimum absolute atomic E-state index is 0.0418. The zero-order valence-electron chi connectivity index (χ0n) is 15.7. The van der Waals surface area contributed by atoms with Gasteiger partial charge in [0.1, 0.15) is 12.3 Å². The van der Waals surface area contributed by atoms with E-state index in [0.717, 1.165) is 25.9 Å². The highest BCUT2D eigenvalue weighted by Gasteiger charge is 2.23. The van der Waals surface area contributed by atoms with Crippen molar-refractivity contribution in [1.29, 1.82) is 0 Å². The van der Waals surface area contributed by atoms with Crippen LogP contribution in [0.1, 0.15) is 23.2 Å². The molecule has 1 fully saturated rings. The molecule has 1 aliphatic rings. The van der Waals surface area contributed by atoms with E-state index in [9.17, 15) is 14.9 Å². The topological polar surface area (TPSA) is 93.9 Å². The van der Waals surface area contributed by atoms with E-state index in [1.165, 1.54) is 6.07 Å². The van der Waals surface area contributed by atoms with Crippen molar-refractivity contribution in [1.82, 2.24) is 5.32 Å². The fraction of sp³-hybridized carbons (Fsp3) is 0.350. The lowest BCUT2D eigenvalue weighted by Gasteiger charge is -2.17. The summed E-state index contributed by atoms with van der Waals surface area (Å²) in [5.41, 5.74) is 0.783. The van der Waals surface area contributed by atoms with E-state index >= 15 is 0 Å². The Morgan fingerprint density at radius 1 is 1.18 bits per heavy atom. The highest BCUT2D eigenvalue weighted by molar-refractivity contribution is 5.95. The summed E-state index contributed by atoms with van der Waals surface area (Å²) in [6.45, 7) is 2.11. The first-order chi connectivity index (χ1) is 13.6. The fourth-order valence-corrected chi connectivity index (χ4v) is 3.20. The number of hydrogen-bond donors (Lipinski definition) is 1. The van der Waals surface area contributed by atoms with Gasteiger partial charge in [0, 0.05) is 24.7 Å². The standard InChI is InChI=1S/C20H23N3O5/c1-27-18-6-2-3-7-19(18)28-13-10-21-20(24)15-8-9-16(17(14-15)23(25)26)22-11-4-5-12-22/h2-3,6-9,14H,4-5,10-13H2,1H3,(H,21,24). The Morgan fingerprint density at radius 3 is 2.57 bits per heavy atom. The molecule has 1 saturated heterocycles. The van der Waals surface area contributed by atoms with Crippen LogP contribution in [0.25, 0.3) is 0 Å². The van der Waals surface area contributed by atoms with Crippen molar-refractivity contribution in [3.63, 3.8) is 0 Å². The maximum absolute atomic E-state index is 12.4. The van der Waals surface area contributed by atoms with Crippen molar-refractivity contribution in [2.24, 2.45) is 0 Å². The molecule has 0 aliphatic carbocycles. The van der Waals surface area contributed by atoms with Crippen molar-refractivity contribution in [3.8, 4) is 11.5 Å². The quantitative estimate of drug-likeness (QED) is 0.426.